The van der Waals surface area contributed by atoms with Crippen molar-refractivity contribution in [3.05, 3.63) is 35.8 Å². The summed E-state index contributed by atoms with van der Waals surface area (Å²) in [5, 5.41) is 0. The standard InChI is InChI=1S/C16H24FNO/c1-7-10-13-14(12(6)17)18(9-3)15(19)16(13,8-2)11(4)5/h7,10-11H,6,8-9H2,1-5H3/b10-7-. The van der Waals surface area contributed by atoms with Crippen molar-refractivity contribution >= 4 is 5.91 Å². The Hall–Kier alpha value is -1.38. The second-order valence-electron chi connectivity index (χ2n) is 5.20. The van der Waals surface area contributed by atoms with E-state index in [1.54, 1.807) is 0 Å². The molecule has 0 bridgehead atoms. The quantitative estimate of drug-likeness (QED) is 0.729. The SMILES string of the molecule is C=C(F)C1=C(/C=C\C)C(CC)(C(C)C)C(=O)N1CC. The van der Waals surface area contributed by atoms with Crippen LogP contribution in [0.5, 0.6) is 0 Å². The molecule has 0 radical (unpaired) electrons. The van der Waals surface area contributed by atoms with Gasteiger partial charge in [-0.2, -0.15) is 0 Å². The Morgan fingerprint density at radius 3 is 2.37 bits per heavy atom. The Kier molecular flexibility index (Phi) is 4.72. The molecule has 0 aromatic rings. The number of carbonyl (C=O) groups excluding carboxylic acids is 1. The fourth-order valence-electron chi connectivity index (χ4n) is 3.11. The Labute approximate surface area is 115 Å². The summed E-state index contributed by atoms with van der Waals surface area (Å²) in [6, 6.07) is 0. The molecule has 1 rings (SSSR count). The summed E-state index contributed by atoms with van der Waals surface area (Å²) in [4.78, 5) is 14.3. The maximum Gasteiger partial charge on any atom is 0.238 e. The molecule has 0 aliphatic carbocycles. The average molecular weight is 265 g/mol. The van der Waals surface area contributed by atoms with Gasteiger partial charge >= 0.3 is 0 Å². The van der Waals surface area contributed by atoms with Crippen LogP contribution in [0.4, 0.5) is 4.39 Å². The van der Waals surface area contributed by atoms with Gasteiger partial charge in [-0.15, -0.1) is 0 Å². The molecule has 1 aliphatic rings. The van der Waals surface area contributed by atoms with E-state index in [0.29, 0.717) is 18.7 Å². The number of allylic oxidation sites excluding steroid dienone is 3. The number of amides is 1. The Morgan fingerprint density at radius 1 is 1.47 bits per heavy atom. The molecule has 0 spiro atoms. The lowest BCUT2D eigenvalue weighted by molar-refractivity contribution is -0.137. The fourth-order valence-corrected chi connectivity index (χ4v) is 3.11. The molecule has 1 amide bonds. The van der Waals surface area contributed by atoms with E-state index in [1.165, 1.54) is 4.90 Å². The zero-order chi connectivity index (χ0) is 14.8. The van der Waals surface area contributed by atoms with Crippen LogP contribution in [0, 0.1) is 11.3 Å². The highest BCUT2D eigenvalue weighted by atomic mass is 19.1. The van der Waals surface area contributed by atoms with Crippen LogP contribution in [0.15, 0.2) is 35.8 Å². The van der Waals surface area contributed by atoms with Crippen LogP contribution in [-0.2, 0) is 4.79 Å². The molecule has 106 valence electrons. The molecule has 1 aliphatic heterocycles. The minimum Gasteiger partial charge on any atom is -0.309 e. The topological polar surface area (TPSA) is 20.3 Å². The maximum absolute atomic E-state index is 13.9. The first-order chi connectivity index (χ1) is 8.88. The van der Waals surface area contributed by atoms with Crippen LogP contribution in [0.3, 0.4) is 0 Å². The van der Waals surface area contributed by atoms with E-state index < -0.39 is 11.2 Å². The van der Waals surface area contributed by atoms with Gasteiger partial charge in [-0.3, -0.25) is 4.79 Å². The number of hydrogen-bond acceptors (Lipinski definition) is 1. The van der Waals surface area contributed by atoms with Crippen molar-refractivity contribution in [1.82, 2.24) is 4.90 Å². The van der Waals surface area contributed by atoms with Crippen LogP contribution >= 0.6 is 0 Å². The van der Waals surface area contributed by atoms with Gasteiger partial charge in [-0.1, -0.05) is 39.5 Å². The molecule has 0 N–H and O–H groups in total. The summed E-state index contributed by atoms with van der Waals surface area (Å²) in [5.41, 5.74) is 0.500. The molecule has 1 atom stereocenters. The minimum absolute atomic E-state index is 0.00519. The summed E-state index contributed by atoms with van der Waals surface area (Å²) < 4.78 is 13.9. The molecule has 2 nitrogen and oxygen atoms in total. The van der Waals surface area contributed by atoms with E-state index in [9.17, 15) is 9.18 Å². The molecule has 19 heavy (non-hydrogen) atoms. The lowest BCUT2D eigenvalue weighted by Crippen LogP contribution is -2.40. The minimum atomic E-state index is -0.632. The van der Waals surface area contributed by atoms with Crippen LogP contribution in [-0.4, -0.2) is 17.4 Å². The zero-order valence-electron chi connectivity index (χ0n) is 12.6. The van der Waals surface area contributed by atoms with E-state index in [2.05, 4.69) is 6.58 Å². The summed E-state index contributed by atoms with van der Waals surface area (Å²) in [5.74, 6) is -0.421. The van der Waals surface area contributed by atoms with E-state index in [-0.39, 0.29) is 11.8 Å². The second kappa shape index (κ2) is 5.72. The Morgan fingerprint density at radius 2 is 2.05 bits per heavy atom. The highest BCUT2D eigenvalue weighted by Gasteiger charge is 2.52. The van der Waals surface area contributed by atoms with Crippen molar-refractivity contribution in [2.45, 2.75) is 41.0 Å². The van der Waals surface area contributed by atoms with E-state index in [1.807, 2.05) is 46.8 Å². The summed E-state index contributed by atoms with van der Waals surface area (Å²) in [7, 11) is 0. The molecular formula is C16H24FNO. The zero-order valence-corrected chi connectivity index (χ0v) is 12.6. The van der Waals surface area contributed by atoms with Crippen molar-refractivity contribution in [3.63, 3.8) is 0 Å². The molecule has 1 unspecified atom stereocenters. The third-order valence-corrected chi connectivity index (χ3v) is 4.08. The van der Waals surface area contributed by atoms with Gasteiger partial charge in [0.25, 0.3) is 0 Å². The molecule has 0 aromatic heterocycles. The molecule has 0 saturated carbocycles. The Bertz CT molecular complexity index is 448. The predicted octanol–water partition coefficient (Wildman–Crippen LogP) is 4.21. The second-order valence-corrected chi connectivity index (χ2v) is 5.20. The molecule has 0 fully saturated rings. The van der Waals surface area contributed by atoms with Crippen molar-refractivity contribution in [2.24, 2.45) is 11.3 Å². The number of rotatable bonds is 5. The van der Waals surface area contributed by atoms with Crippen LogP contribution in [0.1, 0.15) is 41.0 Å². The lowest BCUT2D eigenvalue weighted by Gasteiger charge is -2.32. The number of carbonyl (C=O) groups is 1. The van der Waals surface area contributed by atoms with Crippen LogP contribution in [0.25, 0.3) is 0 Å². The van der Waals surface area contributed by atoms with Gasteiger partial charge in [-0.25, -0.2) is 4.39 Å². The van der Waals surface area contributed by atoms with Gasteiger partial charge in [0.15, 0.2) is 0 Å². The first-order valence-electron chi connectivity index (χ1n) is 6.92. The van der Waals surface area contributed by atoms with E-state index >= 15 is 0 Å². The van der Waals surface area contributed by atoms with Gasteiger partial charge in [0.1, 0.15) is 5.83 Å². The third-order valence-electron chi connectivity index (χ3n) is 4.08. The highest BCUT2D eigenvalue weighted by molar-refractivity contribution is 5.93. The van der Waals surface area contributed by atoms with Crippen molar-refractivity contribution < 1.29 is 9.18 Å². The summed E-state index contributed by atoms with van der Waals surface area (Å²) in [6.45, 7) is 13.6. The first-order valence-corrected chi connectivity index (χ1v) is 6.92. The normalized spacial score (nSPS) is 24.2. The summed E-state index contributed by atoms with van der Waals surface area (Å²) in [6.07, 6.45) is 4.38. The first kappa shape index (κ1) is 15.7. The summed E-state index contributed by atoms with van der Waals surface area (Å²) >= 11 is 0. The molecule has 1 heterocycles. The monoisotopic (exact) mass is 265 g/mol. The van der Waals surface area contributed by atoms with Crippen molar-refractivity contribution in [2.75, 3.05) is 6.54 Å². The average Bonchev–Trinajstić information content (AvgIpc) is 2.59. The largest absolute Gasteiger partial charge is 0.309 e. The lowest BCUT2D eigenvalue weighted by atomic mass is 9.69. The molecule has 0 aromatic carbocycles. The van der Waals surface area contributed by atoms with Crippen molar-refractivity contribution in [1.29, 1.82) is 0 Å². The van der Waals surface area contributed by atoms with Gasteiger partial charge < -0.3 is 4.90 Å². The van der Waals surface area contributed by atoms with E-state index in [0.717, 1.165) is 5.57 Å². The third kappa shape index (κ3) is 2.15. The maximum atomic E-state index is 13.9. The number of nitrogens with zero attached hydrogens (tertiary/aromatic N) is 1. The predicted molar refractivity (Wildman–Crippen MR) is 77.0 cm³/mol. The Balaban J connectivity index is 3.63. The molecule has 0 saturated heterocycles. The number of hydrogen-bond donors (Lipinski definition) is 0. The highest BCUT2D eigenvalue weighted by Crippen LogP contribution is 2.50. The van der Waals surface area contributed by atoms with Crippen molar-refractivity contribution in [3.8, 4) is 0 Å². The fraction of sp³-hybridized carbons (Fsp3) is 0.562. The van der Waals surface area contributed by atoms with E-state index in [4.69, 9.17) is 0 Å². The van der Waals surface area contributed by atoms with Gasteiger partial charge in [0.2, 0.25) is 5.91 Å². The molecular weight excluding hydrogens is 241 g/mol. The molecule has 3 heteroatoms. The van der Waals surface area contributed by atoms with Gasteiger partial charge in [0.05, 0.1) is 11.1 Å². The smallest absolute Gasteiger partial charge is 0.238 e. The van der Waals surface area contributed by atoms with Crippen LogP contribution in [0.2, 0.25) is 0 Å². The van der Waals surface area contributed by atoms with Crippen LogP contribution < -0.4 is 0 Å². The number of halogens is 1. The number of likely N-dealkylation sites (N-methyl/N-ethyl adjacent to an activating group) is 1. The van der Waals surface area contributed by atoms with Gasteiger partial charge in [0, 0.05) is 6.54 Å². The van der Waals surface area contributed by atoms with Gasteiger partial charge in [-0.05, 0) is 31.8 Å².